The van der Waals surface area contributed by atoms with Gasteiger partial charge in [0, 0.05) is 6.42 Å². The van der Waals surface area contributed by atoms with Crippen molar-refractivity contribution in [3.05, 3.63) is 0 Å². The molecule has 1 nitrogen and oxygen atoms in total. The van der Waals surface area contributed by atoms with Crippen LogP contribution in [0.25, 0.3) is 0 Å². The molecule has 1 fully saturated rings. The summed E-state index contributed by atoms with van der Waals surface area (Å²) in [6, 6.07) is 0. The van der Waals surface area contributed by atoms with Gasteiger partial charge in [0.25, 0.3) is 0 Å². The Morgan fingerprint density at radius 3 is 1.33 bits per heavy atom. The molecule has 0 radical (unpaired) electrons. The van der Waals surface area contributed by atoms with Gasteiger partial charge in [-0.15, -0.1) is 0 Å². The summed E-state index contributed by atoms with van der Waals surface area (Å²) in [6.45, 7) is -0.208. The summed E-state index contributed by atoms with van der Waals surface area (Å²) in [5.74, 6) is -36.4. The van der Waals surface area contributed by atoms with Gasteiger partial charge in [-0.3, -0.25) is 0 Å². The van der Waals surface area contributed by atoms with Gasteiger partial charge < -0.3 is 4.74 Å². The number of rotatable bonds is 7. The summed E-state index contributed by atoms with van der Waals surface area (Å²) in [5, 5.41) is 0. The summed E-state index contributed by atoms with van der Waals surface area (Å²) in [5.41, 5.74) is 0. The van der Waals surface area contributed by atoms with Crippen molar-refractivity contribution < 1.29 is 61.8 Å². The van der Waals surface area contributed by atoms with Gasteiger partial charge in [-0.05, 0) is 6.42 Å². The minimum absolute atomic E-state index is 0.208. The van der Waals surface area contributed by atoms with Gasteiger partial charge in [0.05, 0.1) is 12.7 Å². The van der Waals surface area contributed by atoms with E-state index in [-0.39, 0.29) is 6.61 Å². The SMILES string of the molecule is FC(F)(F)C(F)(F)C(F)(F)C(F)(F)C(F)(F)C(F)(F)CCC1CO1. The molecule has 0 aromatic rings. The lowest BCUT2D eigenvalue weighted by molar-refractivity contribution is -0.440. The van der Waals surface area contributed by atoms with E-state index in [9.17, 15) is 57.1 Å². The monoisotopic (exact) mass is 390 g/mol. The summed E-state index contributed by atoms with van der Waals surface area (Å²) in [4.78, 5) is 0. The van der Waals surface area contributed by atoms with Crippen molar-refractivity contribution in [1.82, 2.24) is 0 Å². The van der Waals surface area contributed by atoms with Gasteiger partial charge in [0.15, 0.2) is 0 Å². The lowest BCUT2D eigenvalue weighted by Crippen LogP contribution is -2.70. The molecule has 1 rings (SSSR count). The van der Waals surface area contributed by atoms with Crippen LogP contribution in [0.2, 0.25) is 0 Å². The first kappa shape index (κ1) is 21.1. The zero-order chi connectivity index (χ0) is 19.4. The highest BCUT2D eigenvalue weighted by atomic mass is 19.4. The molecule has 0 N–H and O–H groups in total. The lowest BCUT2D eigenvalue weighted by atomic mass is 9.92. The van der Waals surface area contributed by atoms with Crippen LogP contribution in [0.5, 0.6) is 0 Å². The van der Waals surface area contributed by atoms with E-state index in [1.165, 1.54) is 0 Å². The Balaban J connectivity index is 3.22. The fourth-order valence-corrected chi connectivity index (χ4v) is 1.54. The quantitative estimate of drug-likeness (QED) is 0.445. The number of hydrogen-bond donors (Lipinski definition) is 0. The maximum Gasteiger partial charge on any atom is 0.460 e. The Bertz CT molecular complexity index is 462. The Kier molecular flexibility index (Phi) is 4.86. The molecule has 0 aromatic carbocycles. The first-order chi connectivity index (χ1) is 10.3. The van der Waals surface area contributed by atoms with Gasteiger partial charge >= 0.3 is 35.8 Å². The molecule has 1 atom stereocenters. The zero-order valence-electron chi connectivity index (χ0n) is 11.0. The van der Waals surface area contributed by atoms with Crippen molar-refractivity contribution in [3.63, 3.8) is 0 Å². The number of epoxide rings is 1. The van der Waals surface area contributed by atoms with Crippen LogP contribution in [0.4, 0.5) is 57.1 Å². The van der Waals surface area contributed by atoms with Crippen LogP contribution in [0, 0.1) is 0 Å². The molecule has 0 spiro atoms. The maximum absolute atomic E-state index is 13.2. The largest absolute Gasteiger partial charge is 0.460 e. The van der Waals surface area contributed by atoms with Crippen molar-refractivity contribution >= 4 is 0 Å². The molecule has 0 aliphatic carbocycles. The predicted molar refractivity (Wildman–Crippen MR) is 49.8 cm³/mol. The second kappa shape index (κ2) is 5.53. The van der Waals surface area contributed by atoms with Gasteiger partial charge in [0.2, 0.25) is 0 Å². The molecule has 0 saturated carbocycles. The Morgan fingerprint density at radius 1 is 0.625 bits per heavy atom. The molecule has 0 aromatic heterocycles. The van der Waals surface area contributed by atoms with E-state index in [4.69, 9.17) is 0 Å². The molecule has 1 aliphatic heterocycles. The summed E-state index contributed by atoms with van der Waals surface area (Å²) in [7, 11) is 0. The van der Waals surface area contributed by atoms with Crippen LogP contribution in [0.3, 0.4) is 0 Å². The average Bonchev–Trinajstić information content (AvgIpc) is 3.18. The molecular formula is C10H7F13O. The first-order valence-electron chi connectivity index (χ1n) is 5.90. The molecular weight excluding hydrogens is 383 g/mol. The van der Waals surface area contributed by atoms with E-state index >= 15 is 0 Å². The Morgan fingerprint density at radius 2 is 1.00 bits per heavy atom. The van der Waals surface area contributed by atoms with Gasteiger partial charge in [-0.2, -0.15) is 57.1 Å². The molecule has 0 amide bonds. The van der Waals surface area contributed by atoms with E-state index < -0.39 is 54.7 Å². The molecule has 1 saturated heterocycles. The van der Waals surface area contributed by atoms with Gasteiger partial charge in [-0.1, -0.05) is 0 Å². The lowest BCUT2D eigenvalue weighted by Gasteiger charge is -2.39. The van der Waals surface area contributed by atoms with Crippen molar-refractivity contribution in [3.8, 4) is 0 Å². The number of halogens is 13. The van der Waals surface area contributed by atoms with Crippen LogP contribution in [-0.2, 0) is 4.74 Å². The molecule has 0 bridgehead atoms. The van der Waals surface area contributed by atoms with Crippen LogP contribution < -0.4 is 0 Å². The third-order valence-electron chi connectivity index (χ3n) is 3.18. The normalized spacial score (nSPS) is 21.1. The molecule has 14 heteroatoms. The average molecular weight is 390 g/mol. The highest BCUT2D eigenvalue weighted by molar-refractivity contribution is 5.10. The summed E-state index contributed by atoms with van der Waals surface area (Å²) in [6.07, 6.45) is -11.6. The van der Waals surface area contributed by atoms with E-state index in [0.29, 0.717) is 0 Å². The molecule has 1 unspecified atom stereocenters. The standard InChI is InChI=1S/C10H7F13O/c11-5(12,2-1-4-3-24-4)6(13,14)7(15,16)8(17,18)9(19,20)10(21,22)23/h4H,1-3H2. The molecule has 1 aliphatic rings. The minimum atomic E-state index is -7.83. The third-order valence-corrected chi connectivity index (χ3v) is 3.18. The number of alkyl halides is 13. The predicted octanol–water partition coefficient (Wildman–Crippen LogP) is 4.90. The van der Waals surface area contributed by atoms with Crippen molar-refractivity contribution in [2.75, 3.05) is 6.61 Å². The molecule has 144 valence electrons. The van der Waals surface area contributed by atoms with Crippen LogP contribution >= 0.6 is 0 Å². The van der Waals surface area contributed by atoms with E-state index in [2.05, 4.69) is 4.74 Å². The maximum atomic E-state index is 13.2. The second-order valence-corrected chi connectivity index (χ2v) is 4.99. The highest BCUT2D eigenvalue weighted by Crippen LogP contribution is 2.60. The number of hydrogen-bond acceptors (Lipinski definition) is 1. The van der Waals surface area contributed by atoms with E-state index in [1.54, 1.807) is 0 Å². The number of ether oxygens (including phenoxy) is 1. The second-order valence-electron chi connectivity index (χ2n) is 4.99. The van der Waals surface area contributed by atoms with Crippen molar-refractivity contribution in [2.24, 2.45) is 0 Å². The smallest absolute Gasteiger partial charge is 0.373 e. The summed E-state index contributed by atoms with van der Waals surface area (Å²) >= 11 is 0. The topological polar surface area (TPSA) is 12.5 Å². The van der Waals surface area contributed by atoms with Crippen LogP contribution in [0.1, 0.15) is 12.8 Å². The van der Waals surface area contributed by atoms with Crippen LogP contribution in [-0.4, -0.2) is 48.5 Å². The summed E-state index contributed by atoms with van der Waals surface area (Å²) < 4.78 is 169. The fraction of sp³-hybridized carbons (Fsp3) is 1.00. The third kappa shape index (κ3) is 3.01. The van der Waals surface area contributed by atoms with Gasteiger partial charge in [0.1, 0.15) is 0 Å². The fourth-order valence-electron chi connectivity index (χ4n) is 1.54. The van der Waals surface area contributed by atoms with E-state index in [1.807, 2.05) is 0 Å². The van der Waals surface area contributed by atoms with Crippen LogP contribution in [0.15, 0.2) is 0 Å². The first-order valence-corrected chi connectivity index (χ1v) is 5.90. The minimum Gasteiger partial charge on any atom is -0.373 e. The molecule has 1 heterocycles. The van der Waals surface area contributed by atoms with Crippen molar-refractivity contribution in [2.45, 2.75) is 54.7 Å². The van der Waals surface area contributed by atoms with E-state index in [0.717, 1.165) is 0 Å². The van der Waals surface area contributed by atoms with Gasteiger partial charge in [-0.25, -0.2) is 0 Å². The highest BCUT2D eigenvalue weighted by Gasteiger charge is 2.90. The zero-order valence-corrected chi connectivity index (χ0v) is 11.0. The van der Waals surface area contributed by atoms with Crippen molar-refractivity contribution in [1.29, 1.82) is 0 Å². The Labute approximate surface area is 124 Å². The molecule has 24 heavy (non-hydrogen) atoms. The Hall–Kier alpha value is -0.950.